The third-order valence-corrected chi connectivity index (χ3v) is 3.39. The Balaban J connectivity index is 2.06. The molecule has 3 aromatic rings. The third-order valence-electron chi connectivity index (χ3n) is 3.06. The largest absolute Gasteiger partial charge is 0.357 e. The van der Waals surface area contributed by atoms with Crippen LogP contribution in [0.4, 0.5) is 17.5 Å². The molecular weight excluding hydrogens is 286 g/mol. The minimum Gasteiger partial charge on any atom is -0.357 e. The van der Waals surface area contributed by atoms with E-state index in [4.69, 9.17) is 11.6 Å². The van der Waals surface area contributed by atoms with Gasteiger partial charge in [-0.05, 0) is 31.2 Å². The maximum atomic E-state index is 6.20. The van der Waals surface area contributed by atoms with Crippen molar-refractivity contribution in [2.75, 3.05) is 17.7 Å². The van der Waals surface area contributed by atoms with Gasteiger partial charge in [-0.25, -0.2) is 4.98 Å². The first-order valence-electron chi connectivity index (χ1n) is 6.51. The van der Waals surface area contributed by atoms with Gasteiger partial charge in [-0.1, -0.05) is 11.6 Å². The van der Waals surface area contributed by atoms with E-state index in [1.807, 2.05) is 37.3 Å². The SMILES string of the molecule is CNc1nc(C)cc(Nc2ccc(Cl)c3cccnc23)n1. The normalized spacial score (nSPS) is 10.6. The number of benzene rings is 1. The van der Waals surface area contributed by atoms with E-state index >= 15 is 0 Å². The third kappa shape index (κ3) is 2.73. The predicted molar refractivity (Wildman–Crippen MR) is 86.4 cm³/mol. The zero-order valence-corrected chi connectivity index (χ0v) is 12.4. The van der Waals surface area contributed by atoms with E-state index < -0.39 is 0 Å². The molecule has 2 aromatic heterocycles. The van der Waals surface area contributed by atoms with Gasteiger partial charge in [0.25, 0.3) is 0 Å². The number of aromatic nitrogens is 3. The molecule has 0 saturated carbocycles. The van der Waals surface area contributed by atoms with Gasteiger partial charge < -0.3 is 10.6 Å². The summed E-state index contributed by atoms with van der Waals surface area (Å²) < 4.78 is 0. The molecule has 0 amide bonds. The van der Waals surface area contributed by atoms with Gasteiger partial charge in [0.15, 0.2) is 0 Å². The first kappa shape index (κ1) is 13.6. The number of pyridine rings is 1. The molecule has 0 fully saturated rings. The van der Waals surface area contributed by atoms with Crippen LogP contribution in [-0.4, -0.2) is 22.0 Å². The Labute approximate surface area is 127 Å². The van der Waals surface area contributed by atoms with Gasteiger partial charge in [0.1, 0.15) is 5.82 Å². The minimum atomic E-state index is 0.573. The summed E-state index contributed by atoms with van der Waals surface area (Å²) in [4.78, 5) is 13.1. The van der Waals surface area contributed by atoms with Crippen molar-refractivity contribution in [3.05, 3.63) is 47.2 Å². The fourth-order valence-corrected chi connectivity index (χ4v) is 2.34. The zero-order chi connectivity index (χ0) is 14.8. The summed E-state index contributed by atoms with van der Waals surface area (Å²) in [5, 5.41) is 7.80. The van der Waals surface area contributed by atoms with Gasteiger partial charge in [-0.15, -0.1) is 0 Å². The zero-order valence-electron chi connectivity index (χ0n) is 11.7. The maximum Gasteiger partial charge on any atom is 0.224 e. The lowest BCUT2D eigenvalue weighted by Gasteiger charge is -2.11. The first-order valence-corrected chi connectivity index (χ1v) is 6.89. The van der Waals surface area contributed by atoms with Crippen molar-refractivity contribution in [3.63, 3.8) is 0 Å². The number of anilines is 3. The predicted octanol–water partition coefficient (Wildman–Crippen LogP) is 3.77. The minimum absolute atomic E-state index is 0.573. The standard InChI is InChI=1S/C15H14ClN5/c1-9-8-13(21-15(17-2)19-9)20-12-6-5-11(16)10-4-3-7-18-14(10)12/h3-8H,1-2H3,(H2,17,19,20,21). The van der Waals surface area contributed by atoms with Crippen molar-refractivity contribution in [2.24, 2.45) is 0 Å². The fraction of sp³-hybridized carbons (Fsp3) is 0.133. The van der Waals surface area contributed by atoms with Crippen LogP contribution >= 0.6 is 11.6 Å². The highest BCUT2D eigenvalue weighted by atomic mass is 35.5. The Morgan fingerprint density at radius 3 is 2.81 bits per heavy atom. The van der Waals surface area contributed by atoms with E-state index in [-0.39, 0.29) is 0 Å². The van der Waals surface area contributed by atoms with Crippen LogP contribution in [0.15, 0.2) is 36.5 Å². The number of nitrogens with one attached hydrogen (secondary N) is 2. The summed E-state index contributed by atoms with van der Waals surface area (Å²) in [6.07, 6.45) is 1.74. The smallest absolute Gasteiger partial charge is 0.224 e. The topological polar surface area (TPSA) is 62.7 Å². The molecule has 0 spiro atoms. The molecule has 6 heteroatoms. The van der Waals surface area contributed by atoms with E-state index in [9.17, 15) is 0 Å². The lowest BCUT2D eigenvalue weighted by atomic mass is 10.2. The quantitative estimate of drug-likeness (QED) is 0.771. The molecule has 1 aromatic carbocycles. The fourth-order valence-electron chi connectivity index (χ4n) is 2.12. The molecule has 0 unspecified atom stereocenters. The van der Waals surface area contributed by atoms with Crippen molar-refractivity contribution >= 4 is 40.0 Å². The molecule has 2 N–H and O–H groups in total. The van der Waals surface area contributed by atoms with Crippen molar-refractivity contribution < 1.29 is 0 Å². The second kappa shape index (κ2) is 5.54. The maximum absolute atomic E-state index is 6.20. The molecule has 0 aliphatic rings. The highest BCUT2D eigenvalue weighted by Crippen LogP contribution is 2.29. The molecule has 0 aliphatic carbocycles. The summed E-state index contributed by atoms with van der Waals surface area (Å²) in [5.74, 6) is 1.28. The molecule has 0 aliphatic heterocycles. The van der Waals surface area contributed by atoms with E-state index in [1.54, 1.807) is 13.2 Å². The van der Waals surface area contributed by atoms with E-state index in [1.165, 1.54) is 0 Å². The lowest BCUT2D eigenvalue weighted by molar-refractivity contribution is 1.10. The van der Waals surface area contributed by atoms with Crippen molar-refractivity contribution in [1.82, 2.24) is 15.0 Å². The number of rotatable bonds is 3. The first-order chi connectivity index (χ1) is 10.2. The van der Waals surface area contributed by atoms with Gasteiger partial charge in [0.2, 0.25) is 5.95 Å². The molecule has 2 heterocycles. The van der Waals surface area contributed by atoms with Gasteiger partial charge in [0.05, 0.1) is 16.2 Å². The lowest BCUT2D eigenvalue weighted by Crippen LogP contribution is -2.02. The summed E-state index contributed by atoms with van der Waals surface area (Å²) in [7, 11) is 1.79. The van der Waals surface area contributed by atoms with Crippen LogP contribution < -0.4 is 10.6 Å². The van der Waals surface area contributed by atoms with Crippen LogP contribution in [0.3, 0.4) is 0 Å². The molecular formula is C15H14ClN5. The van der Waals surface area contributed by atoms with Crippen LogP contribution in [0.25, 0.3) is 10.9 Å². The summed E-state index contributed by atoms with van der Waals surface area (Å²) in [6, 6.07) is 9.44. The molecule has 0 bridgehead atoms. The average molecular weight is 300 g/mol. The summed E-state index contributed by atoms with van der Waals surface area (Å²) >= 11 is 6.20. The highest BCUT2D eigenvalue weighted by molar-refractivity contribution is 6.35. The van der Waals surface area contributed by atoms with Crippen molar-refractivity contribution in [2.45, 2.75) is 6.92 Å². The Bertz CT molecular complexity index is 803. The van der Waals surface area contributed by atoms with Crippen molar-refractivity contribution in [3.8, 4) is 0 Å². The van der Waals surface area contributed by atoms with E-state index in [0.717, 1.165) is 22.3 Å². The van der Waals surface area contributed by atoms with Crippen LogP contribution in [0, 0.1) is 6.92 Å². The number of halogens is 1. The van der Waals surface area contributed by atoms with Crippen LogP contribution in [0.5, 0.6) is 0 Å². The van der Waals surface area contributed by atoms with Crippen LogP contribution in [-0.2, 0) is 0 Å². The molecule has 0 saturated heterocycles. The van der Waals surface area contributed by atoms with Crippen LogP contribution in [0.2, 0.25) is 5.02 Å². The Morgan fingerprint density at radius 1 is 1.14 bits per heavy atom. The number of hydrogen-bond donors (Lipinski definition) is 2. The summed E-state index contributed by atoms with van der Waals surface area (Å²) in [6.45, 7) is 1.92. The van der Waals surface area contributed by atoms with Gasteiger partial charge in [-0.2, -0.15) is 4.98 Å². The second-order valence-corrected chi connectivity index (χ2v) is 4.99. The van der Waals surface area contributed by atoms with Crippen molar-refractivity contribution in [1.29, 1.82) is 0 Å². The Hall–Kier alpha value is -2.40. The monoisotopic (exact) mass is 299 g/mol. The summed E-state index contributed by atoms with van der Waals surface area (Å²) in [5.41, 5.74) is 2.55. The molecule has 0 atom stereocenters. The average Bonchev–Trinajstić information content (AvgIpc) is 2.50. The second-order valence-electron chi connectivity index (χ2n) is 4.59. The van der Waals surface area contributed by atoms with Gasteiger partial charge in [0, 0.05) is 30.4 Å². The van der Waals surface area contributed by atoms with Crippen LogP contribution in [0.1, 0.15) is 5.69 Å². The highest BCUT2D eigenvalue weighted by Gasteiger charge is 2.07. The van der Waals surface area contributed by atoms with Gasteiger partial charge >= 0.3 is 0 Å². The van der Waals surface area contributed by atoms with Gasteiger partial charge in [-0.3, -0.25) is 4.98 Å². The number of hydrogen-bond acceptors (Lipinski definition) is 5. The molecule has 3 rings (SSSR count). The number of fused-ring (bicyclic) bond motifs is 1. The Morgan fingerprint density at radius 2 is 2.00 bits per heavy atom. The molecule has 5 nitrogen and oxygen atoms in total. The molecule has 0 radical (unpaired) electrons. The number of aryl methyl sites for hydroxylation is 1. The number of nitrogens with zero attached hydrogens (tertiary/aromatic N) is 3. The van der Waals surface area contributed by atoms with E-state index in [0.29, 0.717) is 16.8 Å². The Kier molecular flexibility index (Phi) is 3.58. The molecule has 106 valence electrons. The van der Waals surface area contributed by atoms with E-state index in [2.05, 4.69) is 25.6 Å². The molecule has 21 heavy (non-hydrogen) atoms.